The number of aromatic nitrogens is 2. The number of carbonyl (C=O) groups excluding carboxylic acids is 1. The number of benzene rings is 1. The van der Waals surface area contributed by atoms with Crippen LogP contribution in [0.15, 0.2) is 53.3 Å². The normalized spacial score (nSPS) is 10.9. The molecule has 0 radical (unpaired) electrons. The molecule has 4 rings (SSSR count). The zero-order valence-corrected chi connectivity index (χ0v) is 16.9. The summed E-state index contributed by atoms with van der Waals surface area (Å²) in [5.41, 5.74) is 3.72. The van der Waals surface area contributed by atoms with Gasteiger partial charge in [-0.1, -0.05) is 36.4 Å². The van der Waals surface area contributed by atoms with E-state index in [1.165, 1.54) is 4.68 Å². The standard InChI is InChI=1S/C24H19N3O3/c1-4-30-24(29)21-18-9-7-5-6-8-17(18)20-22(21)27(26-19(13-25)23(20)28)16-11-14(2)10-15(3)12-16/h5-12H,4H2,1-3H3. The number of ether oxygens (including phenoxy) is 1. The number of carbonyl (C=O) groups is 1. The summed E-state index contributed by atoms with van der Waals surface area (Å²) in [6.07, 6.45) is 0. The van der Waals surface area contributed by atoms with Crippen molar-refractivity contribution in [3.05, 3.63) is 81.1 Å². The summed E-state index contributed by atoms with van der Waals surface area (Å²) < 4.78 is 6.84. The average molecular weight is 397 g/mol. The Kier molecular flexibility index (Phi) is 4.80. The molecule has 148 valence electrons. The minimum Gasteiger partial charge on any atom is -0.462 e. The van der Waals surface area contributed by atoms with Gasteiger partial charge in [0.2, 0.25) is 11.1 Å². The zero-order valence-electron chi connectivity index (χ0n) is 16.9. The van der Waals surface area contributed by atoms with Crippen molar-refractivity contribution in [3.63, 3.8) is 0 Å². The number of hydrogen-bond donors (Lipinski definition) is 0. The second-order valence-corrected chi connectivity index (χ2v) is 7.10. The van der Waals surface area contributed by atoms with Gasteiger partial charge in [0.1, 0.15) is 6.07 Å². The molecule has 0 unspecified atom stereocenters. The Balaban J connectivity index is 2.28. The Labute approximate surface area is 173 Å². The van der Waals surface area contributed by atoms with Gasteiger partial charge < -0.3 is 4.74 Å². The van der Waals surface area contributed by atoms with Crippen LogP contribution < -0.4 is 5.43 Å². The van der Waals surface area contributed by atoms with Crippen molar-refractivity contribution >= 4 is 16.9 Å². The highest BCUT2D eigenvalue weighted by Crippen LogP contribution is 2.38. The highest BCUT2D eigenvalue weighted by atomic mass is 16.5. The number of hydrogen-bond acceptors (Lipinski definition) is 5. The molecule has 0 N–H and O–H groups in total. The predicted molar refractivity (Wildman–Crippen MR) is 114 cm³/mol. The first-order valence-electron chi connectivity index (χ1n) is 9.60. The molecule has 1 aromatic heterocycles. The molecule has 0 saturated carbocycles. The fourth-order valence-electron chi connectivity index (χ4n) is 3.86. The second-order valence-electron chi connectivity index (χ2n) is 7.10. The average Bonchev–Trinajstić information content (AvgIpc) is 2.84. The van der Waals surface area contributed by atoms with E-state index >= 15 is 0 Å². The summed E-state index contributed by atoms with van der Waals surface area (Å²) in [6, 6.07) is 16.7. The summed E-state index contributed by atoms with van der Waals surface area (Å²) in [6.45, 7) is 5.84. The molecule has 0 amide bonds. The van der Waals surface area contributed by atoms with Gasteiger partial charge in [0.05, 0.1) is 28.8 Å². The summed E-state index contributed by atoms with van der Waals surface area (Å²) in [4.78, 5) is 26.1. The molecule has 0 bridgehead atoms. The maximum atomic E-state index is 13.1. The first kappa shape index (κ1) is 19.3. The first-order chi connectivity index (χ1) is 14.5. The molecule has 1 heterocycles. The number of nitrogens with zero attached hydrogens (tertiary/aromatic N) is 3. The van der Waals surface area contributed by atoms with E-state index in [1.54, 1.807) is 31.2 Å². The third kappa shape index (κ3) is 3.01. The van der Waals surface area contributed by atoms with Crippen molar-refractivity contribution in [2.45, 2.75) is 20.8 Å². The third-order valence-corrected chi connectivity index (χ3v) is 4.94. The van der Waals surface area contributed by atoms with Crippen LogP contribution in [0.3, 0.4) is 0 Å². The Morgan fingerprint density at radius 2 is 1.77 bits per heavy atom. The zero-order chi connectivity index (χ0) is 21.4. The summed E-state index contributed by atoms with van der Waals surface area (Å²) >= 11 is 0. The van der Waals surface area contributed by atoms with Crippen LogP contribution in [-0.4, -0.2) is 22.4 Å². The van der Waals surface area contributed by atoms with E-state index in [0.29, 0.717) is 22.3 Å². The SMILES string of the molecule is CCOC(=O)c1c2cccccc-2c2c(=O)c(C#N)nn(-c3cc(C)cc(C)c3)c12. The highest BCUT2D eigenvalue weighted by Gasteiger charge is 2.29. The van der Waals surface area contributed by atoms with Crippen LogP contribution in [0.2, 0.25) is 0 Å². The largest absolute Gasteiger partial charge is 0.462 e. The predicted octanol–water partition coefficient (Wildman–Crippen LogP) is 4.16. The molecule has 2 aliphatic rings. The van der Waals surface area contributed by atoms with Gasteiger partial charge in [-0.2, -0.15) is 10.4 Å². The number of nitriles is 1. The van der Waals surface area contributed by atoms with Gasteiger partial charge in [0.15, 0.2) is 0 Å². The van der Waals surface area contributed by atoms with E-state index < -0.39 is 11.4 Å². The summed E-state index contributed by atoms with van der Waals surface area (Å²) in [7, 11) is 0. The minimum absolute atomic E-state index is 0.198. The van der Waals surface area contributed by atoms with Crippen LogP contribution >= 0.6 is 0 Å². The molecule has 6 heteroatoms. The molecule has 0 aliphatic heterocycles. The fourth-order valence-corrected chi connectivity index (χ4v) is 3.86. The van der Waals surface area contributed by atoms with Gasteiger partial charge in [0.25, 0.3) is 0 Å². The van der Waals surface area contributed by atoms with Gasteiger partial charge in [-0.15, -0.1) is 0 Å². The number of esters is 1. The van der Waals surface area contributed by atoms with Crippen LogP contribution in [0, 0.1) is 25.2 Å². The lowest BCUT2D eigenvalue weighted by Crippen LogP contribution is -2.17. The van der Waals surface area contributed by atoms with Crippen molar-refractivity contribution in [2.24, 2.45) is 0 Å². The third-order valence-electron chi connectivity index (χ3n) is 4.94. The number of aryl methyl sites for hydroxylation is 2. The van der Waals surface area contributed by atoms with E-state index in [9.17, 15) is 14.9 Å². The van der Waals surface area contributed by atoms with Gasteiger partial charge in [-0.05, 0) is 55.2 Å². The smallest absolute Gasteiger partial charge is 0.340 e. The maximum Gasteiger partial charge on any atom is 0.340 e. The molecule has 0 atom stereocenters. The first-order valence-corrected chi connectivity index (χ1v) is 9.60. The summed E-state index contributed by atoms with van der Waals surface area (Å²) in [5.74, 6) is -0.535. The monoisotopic (exact) mass is 397 g/mol. The number of rotatable bonds is 3. The summed E-state index contributed by atoms with van der Waals surface area (Å²) in [5, 5.41) is 14.2. The van der Waals surface area contributed by atoms with E-state index in [4.69, 9.17) is 4.74 Å². The van der Waals surface area contributed by atoms with Crippen molar-refractivity contribution in [3.8, 4) is 22.9 Å². The van der Waals surface area contributed by atoms with E-state index in [0.717, 1.165) is 11.1 Å². The maximum absolute atomic E-state index is 13.1. The van der Waals surface area contributed by atoms with Crippen LogP contribution in [0.1, 0.15) is 34.1 Å². The van der Waals surface area contributed by atoms with Crippen LogP contribution in [0.5, 0.6) is 0 Å². The highest BCUT2D eigenvalue weighted by molar-refractivity contribution is 6.17. The van der Waals surface area contributed by atoms with Crippen LogP contribution in [0.4, 0.5) is 0 Å². The molecule has 6 nitrogen and oxygen atoms in total. The Hall–Kier alpha value is -3.98. The van der Waals surface area contributed by atoms with Gasteiger partial charge >= 0.3 is 5.97 Å². The Morgan fingerprint density at radius 1 is 1.10 bits per heavy atom. The molecule has 1 aromatic carbocycles. The van der Waals surface area contributed by atoms with Crippen molar-refractivity contribution in [2.75, 3.05) is 6.61 Å². The van der Waals surface area contributed by atoms with Crippen LogP contribution in [0.25, 0.3) is 27.7 Å². The van der Waals surface area contributed by atoms with E-state index in [-0.39, 0.29) is 23.3 Å². The Bertz CT molecular complexity index is 1360. The topological polar surface area (TPSA) is 85.0 Å². The number of fused-ring (bicyclic) bond motifs is 3. The molecule has 2 aliphatic carbocycles. The molecule has 30 heavy (non-hydrogen) atoms. The van der Waals surface area contributed by atoms with Gasteiger partial charge in [-0.3, -0.25) is 4.79 Å². The van der Waals surface area contributed by atoms with Crippen molar-refractivity contribution < 1.29 is 9.53 Å². The Morgan fingerprint density at radius 3 is 2.40 bits per heavy atom. The molecule has 2 aromatic rings. The lowest BCUT2D eigenvalue weighted by Gasteiger charge is -2.12. The van der Waals surface area contributed by atoms with Crippen molar-refractivity contribution in [1.82, 2.24) is 9.78 Å². The van der Waals surface area contributed by atoms with Crippen LogP contribution in [-0.2, 0) is 4.74 Å². The minimum atomic E-state index is -0.535. The lowest BCUT2D eigenvalue weighted by atomic mass is 10.1. The van der Waals surface area contributed by atoms with E-state index in [1.807, 2.05) is 44.2 Å². The van der Waals surface area contributed by atoms with E-state index in [2.05, 4.69) is 5.10 Å². The van der Waals surface area contributed by atoms with Gasteiger partial charge in [0, 0.05) is 0 Å². The fraction of sp³-hybridized carbons (Fsp3) is 0.167. The van der Waals surface area contributed by atoms with Gasteiger partial charge in [-0.25, -0.2) is 9.48 Å². The molecular formula is C24H19N3O3. The lowest BCUT2D eigenvalue weighted by molar-refractivity contribution is 0.0529. The molecule has 0 saturated heterocycles. The molecule has 0 spiro atoms. The quantitative estimate of drug-likeness (QED) is 0.485. The molecular weight excluding hydrogens is 378 g/mol. The molecule has 0 fully saturated rings. The second kappa shape index (κ2) is 7.45. The van der Waals surface area contributed by atoms with Crippen molar-refractivity contribution in [1.29, 1.82) is 5.26 Å².